The van der Waals surface area contributed by atoms with E-state index < -0.39 is 0 Å². The normalized spacial score (nSPS) is 10.3. The summed E-state index contributed by atoms with van der Waals surface area (Å²) in [5.41, 5.74) is 1.08. The maximum Gasteiger partial charge on any atom is 0.129 e. The van der Waals surface area contributed by atoms with Crippen molar-refractivity contribution in [2.75, 3.05) is 0 Å². The van der Waals surface area contributed by atoms with Gasteiger partial charge >= 0.3 is 0 Å². The van der Waals surface area contributed by atoms with Gasteiger partial charge in [-0.15, -0.1) is 11.8 Å². The number of rotatable bonds is 3. The molecule has 0 fully saturated rings. The number of benzene rings is 1. The zero-order valence-corrected chi connectivity index (χ0v) is 10.0. The Labute approximate surface area is 103 Å². The van der Waals surface area contributed by atoms with Gasteiger partial charge in [-0.3, -0.25) is 0 Å². The number of nitrogens with zero attached hydrogens (tertiary/aromatic N) is 1. The van der Waals surface area contributed by atoms with Crippen LogP contribution in [0.2, 0.25) is 5.15 Å². The third kappa shape index (κ3) is 2.90. The third-order valence-electron chi connectivity index (χ3n) is 2.05. The highest BCUT2D eigenvalue weighted by Crippen LogP contribution is 2.30. The Kier molecular flexibility index (Phi) is 3.70. The number of phenolic OH excluding ortho intramolecular Hbond substituents is 1. The Morgan fingerprint density at radius 2 is 2.00 bits per heavy atom. The molecule has 2 aromatic rings. The molecule has 0 radical (unpaired) electrons. The number of aromatic nitrogens is 1. The maximum atomic E-state index is 9.58. The third-order valence-corrected chi connectivity index (χ3v) is 3.41. The van der Waals surface area contributed by atoms with Gasteiger partial charge in [0.1, 0.15) is 10.9 Å². The van der Waals surface area contributed by atoms with Crippen molar-refractivity contribution in [3.8, 4) is 5.75 Å². The molecule has 0 atom stereocenters. The molecular formula is C12H10ClNOS. The fourth-order valence-electron chi connectivity index (χ4n) is 1.23. The summed E-state index contributed by atoms with van der Waals surface area (Å²) in [6.07, 6.45) is 1.75. The van der Waals surface area contributed by atoms with Gasteiger partial charge in [-0.2, -0.15) is 0 Å². The van der Waals surface area contributed by atoms with E-state index in [1.165, 1.54) is 0 Å². The first-order valence-electron chi connectivity index (χ1n) is 4.77. The van der Waals surface area contributed by atoms with E-state index in [4.69, 9.17) is 11.6 Å². The lowest BCUT2D eigenvalue weighted by atomic mass is 10.3. The summed E-state index contributed by atoms with van der Waals surface area (Å²) in [6.45, 7) is 0. The van der Waals surface area contributed by atoms with E-state index in [-0.39, 0.29) is 0 Å². The number of halogens is 1. The fraction of sp³-hybridized carbons (Fsp3) is 0.0833. The number of phenols is 1. The minimum atomic E-state index is 0.314. The quantitative estimate of drug-likeness (QED) is 0.667. The van der Waals surface area contributed by atoms with Crippen LogP contribution < -0.4 is 0 Å². The highest BCUT2D eigenvalue weighted by atomic mass is 35.5. The maximum absolute atomic E-state index is 9.58. The molecule has 82 valence electrons. The molecule has 0 unspecified atom stereocenters. The molecule has 0 saturated carbocycles. The van der Waals surface area contributed by atoms with Crippen LogP contribution in [0, 0.1) is 0 Å². The van der Waals surface area contributed by atoms with Crippen molar-refractivity contribution in [3.63, 3.8) is 0 Å². The molecular weight excluding hydrogens is 242 g/mol. The lowest BCUT2D eigenvalue weighted by molar-refractivity contribution is 0.462. The lowest BCUT2D eigenvalue weighted by Crippen LogP contribution is -1.83. The highest BCUT2D eigenvalue weighted by Gasteiger charge is 2.01. The van der Waals surface area contributed by atoms with Crippen LogP contribution >= 0.6 is 23.4 Å². The monoisotopic (exact) mass is 251 g/mol. The van der Waals surface area contributed by atoms with E-state index in [1.54, 1.807) is 30.1 Å². The average molecular weight is 252 g/mol. The summed E-state index contributed by atoms with van der Waals surface area (Å²) in [4.78, 5) is 4.88. The number of thioether (sulfide) groups is 1. The van der Waals surface area contributed by atoms with Crippen molar-refractivity contribution in [1.29, 1.82) is 0 Å². The number of hydrogen-bond acceptors (Lipinski definition) is 3. The molecule has 1 N–H and O–H groups in total. The van der Waals surface area contributed by atoms with Gasteiger partial charge < -0.3 is 5.11 Å². The van der Waals surface area contributed by atoms with Crippen molar-refractivity contribution in [3.05, 3.63) is 53.3 Å². The summed E-state index contributed by atoms with van der Waals surface area (Å²) in [7, 11) is 0. The highest BCUT2D eigenvalue weighted by molar-refractivity contribution is 7.98. The second kappa shape index (κ2) is 5.23. The number of hydrogen-bond donors (Lipinski definition) is 1. The molecule has 0 saturated heterocycles. The van der Waals surface area contributed by atoms with Gasteiger partial charge in [0.2, 0.25) is 0 Å². The Morgan fingerprint density at radius 3 is 2.69 bits per heavy atom. The van der Waals surface area contributed by atoms with Gasteiger partial charge in [0.15, 0.2) is 0 Å². The van der Waals surface area contributed by atoms with Crippen molar-refractivity contribution in [1.82, 2.24) is 4.98 Å². The van der Waals surface area contributed by atoms with Crippen LogP contribution in [0.1, 0.15) is 5.56 Å². The van der Waals surface area contributed by atoms with Crippen molar-refractivity contribution >= 4 is 23.4 Å². The van der Waals surface area contributed by atoms with E-state index in [1.807, 2.05) is 24.3 Å². The molecule has 4 heteroatoms. The summed E-state index contributed by atoms with van der Waals surface area (Å²) >= 11 is 7.27. The van der Waals surface area contributed by atoms with Gasteiger partial charge in [-0.05, 0) is 23.8 Å². The van der Waals surface area contributed by atoms with Crippen LogP contribution in [0.15, 0.2) is 47.5 Å². The predicted molar refractivity (Wildman–Crippen MR) is 66.9 cm³/mol. The second-order valence-corrected chi connectivity index (χ2v) is 4.65. The van der Waals surface area contributed by atoms with E-state index in [0.29, 0.717) is 10.9 Å². The zero-order valence-electron chi connectivity index (χ0n) is 8.43. The van der Waals surface area contributed by atoms with Crippen molar-refractivity contribution in [2.45, 2.75) is 10.6 Å². The molecule has 16 heavy (non-hydrogen) atoms. The van der Waals surface area contributed by atoms with Crippen LogP contribution in [0.3, 0.4) is 0 Å². The first-order valence-corrected chi connectivity index (χ1v) is 6.13. The largest absolute Gasteiger partial charge is 0.507 e. The van der Waals surface area contributed by atoms with Gasteiger partial charge in [-0.25, -0.2) is 4.98 Å². The molecule has 0 spiro atoms. The van der Waals surface area contributed by atoms with Crippen LogP contribution in [-0.4, -0.2) is 10.1 Å². The topological polar surface area (TPSA) is 33.1 Å². The van der Waals surface area contributed by atoms with Crippen LogP contribution in [0.4, 0.5) is 0 Å². The zero-order chi connectivity index (χ0) is 11.4. The summed E-state index contributed by atoms with van der Waals surface area (Å²) in [5.74, 6) is 1.08. The van der Waals surface area contributed by atoms with E-state index in [0.717, 1.165) is 16.2 Å². The summed E-state index contributed by atoms with van der Waals surface area (Å²) in [5, 5.41) is 10.1. The van der Waals surface area contributed by atoms with E-state index in [2.05, 4.69) is 4.98 Å². The van der Waals surface area contributed by atoms with E-state index in [9.17, 15) is 5.11 Å². The van der Waals surface area contributed by atoms with Gasteiger partial charge in [0.25, 0.3) is 0 Å². The van der Waals surface area contributed by atoms with Crippen molar-refractivity contribution in [2.24, 2.45) is 0 Å². The van der Waals surface area contributed by atoms with Crippen molar-refractivity contribution < 1.29 is 5.11 Å². The van der Waals surface area contributed by atoms with Gasteiger partial charge in [0, 0.05) is 16.8 Å². The molecule has 2 nitrogen and oxygen atoms in total. The van der Waals surface area contributed by atoms with Crippen LogP contribution in [-0.2, 0) is 5.75 Å². The van der Waals surface area contributed by atoms with Gasteiger partial charge in [0.05, 0.1) is 0 Å². The molecule has 0 aliphatic carbocycles. The lowest BCUT2D eigenvalue weighted by Gasteiger charge is -2.03. The Hall–Kier alpha value is -1.19. The molecule has 1 aromatic carbocycles. The average Bonchev–Trinajstić information content (AvgIpc) is 2.30. The minimum absolute atomic E-state index is 0.314. The van der Waals surface area contributed by atoms with Crippen LogP contribution in [0.25, 0.3) is 0 Å². The predicted octanol–water partition coefficient (Wildman–Crippen LogP) is 3.73. The Balaban J connectivity index is 2.02. The smallest absolute Gasteiger partial charge is 0.129 e. The SMILES string of the molecule is Oc1ccccc1SCc1ccc(Cl)nc1. The summed E-state index contributed by atoms with van der Waals surface area (Å²) in [6, 6.07) is 11.0. The van der Waals surface area contributed by atoms with Crippen LogP contribution in [0.5, 0.6) is 5.75 Å². The standard InChI is InChI=1S/C12H10ClNOS/c13-12-6-5-9(7-14-12)8-16-11-4-2-1-3-10(11)15/h1-7,15H,8H2. The number of pyridine rings is 1. The molecule has 1 aromatic heterocycles. The summed E-state index contributed by atoms with van der Waals surface area (Å²) < 4.78 is 0. The molecule has 0 aliphatic rings. The van der Waals surface area contributed by atoms with Gasteiger partial charge in [-0.1, -0.05) is 29.8 Å². The first-order chi connectivity index (χ1) is 7.75. The second-order valence-electron chi connectivity index (χ2n) is 3.25. The number of para-hydroxylation sites is 1. The molecule has 2 rings (SSSR count). The Bertz CT molecular complexity index is 473. The minimum Gasteiger partial charge on any atom is -0.507 e. The van der Waals surface area contributed by atoms with E-state index >= 15 is 0 Å². The number of aromatic hydroxyl groups is 1. The Morgan fingerprint density at radius 1 is 1.19 bits per heavy atom. The molecule has 0 bridgehead atoms. The first kappa shape index (κ1) is 11.3. The molecule has 0 amide bonds. The molecule has 1 heterocycles. The fourth-order valence-corrected chi connectivity index (χ4v) is 2.23. The molecule has 0 aliphatic heterocycles.